The Balaban J connectivity index is 3.09. The fourth-order valence-corrected chi connectivity index (χ4v) is 1.59. The third kappa shape index (κ3) is 2.97. The molecule has 0 saturated heterocycles. The van der Waals surface area contributed by atoms with E-state index in [1.165, 1.54) is 6.08 Å². The van der Waals surface area contributed by atoms with E-state index in [1.54, 1.807) is 12.1 Å². The Labute approximate surface area is 83.6 Å². The lowest BCUT2D eigenvalue weighted by Crippen LogP contribution is -2.04. The Hall–Kier alpha value is -1.13. The zero-order valence-electron chi connectivity index (χ0n) is 7.84. The minimum absolute atomic E-state index is 0.0312. The van der Waals surface area contributed by atoms with Crippen LogP contribution in [0.2, 0.25) is 0 Å². The first-order valence-corrected chi connectivity index (χ1v) is 5.99. The molecule has 1 N–H and O–H groups in total. The van der Waals surface area contributed by atoms with Crippen LogP contribution in [0.1, 0.15) is 5.56 Å². The number of rotatable bonds is 3. The molecule has 3 nitrogen and oxygen atoms in total. The molecule has 0 aliphatic carbocycles. The van der Waals surface area contributed by atoms with E-state index in [0.29, 0.717) is 0 Å². The predicted octanol–water partition coefficient (Wildman–Crippen LogP) is 1.06. The molecular formula is C10H12O3S. The second kappa shape index (κ2) is 4.39. The van der Waals surface area contributed by atoms with E-state index in [4.69, 9.17) is 5.11 Å². The van der Waals surface area contributed by atoms with Crippen LogP contribution in [-0.2, 0) is 9.84 Å². The van der Waals surface area contributed by atoms with Crippen LogP contribution in [0, 0.1) is 0 Å². The molecule has 0 unspecified atom stereocenters. The number of benzene rings is 1. The highest BCUT2D eigenvalue weighted by atomic mass is 32.2. The normalized spacial score (nSPS) is 12.9. The number of hydrogen-bond acceptors (Lipinski definition) is 3. The molecule has 1 aromatic carbocycles. The van der Waals surface area contributed by atoms with Crippen molar-refractivity contribution in [2.75, 3.05) is 12.9 Å². The van der Waals surface area contributed by atoms with Crippen LogP contribution in [-0.4, -0.2) is 26.4 Å². The lowest BCUT2D eigenvalue weighted by Gasteiger charge is -2.00. The van der Waals surface area contributed by atoms with Gasteiger partial charge in [-0.1, -0.05) is 30.3 Å². The van der Waals surface area contributed by atoms with Crippen molar-refractivity contribution in [3.63, 3.8) is 0 Å². The third-order valence-corrected chi connectivity index (χ3v) is 2.96. The standard InChI is InChI=1S/C10H12O3S/c1-14(12,13)10(8-11)7-9-5-3-2-4-6-9/h2-7,11H,8H2,1H3. The third-order valence-electron chi connectivity index (χ3n) is 1.76. The van der Waals surface area contributed by atoms with Crippen LogP contribution in [0.25, 0.3) is 6.08 Å². The zero-order chi connectivity index (χ0) is 10.6. The second-order valence-electron chi connectivity index (χ2n) is 2.95. The Bertz CT molecular complexity index is 418. The van der Waals surface area contributed by atoms with Crippen molar-refractivity contribution >= 4 is 15.9 Å². The molecule has 0 fully saturated rings. The van der Waals surface area contributed by atoms with Gasteiger partial charge >= 0.3 is 0 Å². The molecule has 14 heavy (non-hydrogen) atoms. The fraction of sp³-hybridized carbons (Fsp3) is 0.200. The van der Waals surface area contributed by atoms with E-state index < -0.39 is 16.4 Å². The average molecular weight is 212 g/mol. The second-order valence-corrected chi connectivity index (χ2v) is 5.02. The molecule has 0 radical (unpaired) electrons. The quantitative estimate of drug-likeness (QED) is 0.815. The SMILES string of the molecule is CS(=O)(=O)C(=Cc1ccccc1)CO. The van der Waals surface area contributed by atoms with Gasteiger partial charge in [0.15, 0.2) is 9.84 Å². The minimum atomic E-state index is -3.30. The number of sulfone groups is 1. The predicted molar refractivity (Wildman–Crippen MR) is 56.3 cm³/mol. The monoisotopic (exact) mass is 212 g/mol. The highest BCUT2D eigenvalue weighted by molar-refractivity contribution is 7.94. The molecule has 4 heteroatoms. The van der Waals surface area contributed by atoms with Crippen LogP contribution < -0.4 is 0 Å². The molecule has 1 rings (SSSR count). The van der Waals surface area contributed by atoms with Gasteiger partial charge in [-0.15, -0.1) is 0 Å². The van der Waals surface area contributed by atoms with Crippen LogP contribution >= 0.6 is 0 Å². The van der Waals surface area contributed by atoms with Gasteiger partial charge in [-0.05, 0) is 11.6 Å². The maximum atomic E-state index is 11.1. The van der Waals surface area contributed by atoms with Gasteiger partial charge in [0.25, 0.3) is 0 Å². The van der Waals surface area contributed by atoms with Crippen LogP contribution in [0.15, 0.2) is 35.2 Å². The molecule has 0 amide bonds. The summed E-state index contributed by atoms with van der Waals surface area (Å²) in [6.45, 7) is -0.465. The van der Waals surface area contributed by atoms with Crippen molar-refractivity contribution in [2.45, 2.75) is 0 Å². The maximum Gasteiger partial charge on any atom is 0.174 e. The number of aliphatic hydroxyl groups excluding tert-OH is 1. The van der Waals surface area contributed by atoms with Crippen LogP contribution in [0.3, 0.4) is 0 Å². The summed E-state index contributed by atoms with van der Waals surface area (Å²) in [7, 11) is -3.30. The van der Waals surface area contributed by atoms with Gasteiger partial charge in [0.2, 0.25) is 0 Å². The van der Waals surface area contributed by atoms with Gasteiger partial charge in [-0.2, -0.15) is 0 Å². The average Bonchev–Trinajstić information content (AvgIpc) is 2.14. The topological polar surface area (TPSA) is 54.4 Å². The highest BCUT2D eigenvalue weighted by Crippen LogP contribution is 2.10. The smallest absolute Gasteiger partial charge is 0.174 e. The van der Waals surface area contributed by atoms with E-state index in [1.807, 2.05) is 18.2 Å². The first-order valence-electron chi connectivity index (χ1n) is 4.10. The molecular weight excluding hydrogens is 200 g/mol. The van der Waals surface area contributed by atoms with Gasteiger partial charge in [-0.3, -0.25) is 0 Å². The van der Waals surface area contributed by atoms with E-state index >= 15 is 0 Å². The summed E-state index contributed by atoms with van der Waals surface area (Å²) in [5.41, 5.74) is 0.766. The molecule has 0 atom stereocenters. The number of hydrogen-bond donors (Lipinski definition) is 1. The molecule has 0 heterocycles. The molecule has 0 aromatic heterocycles. The summed E-state index contributed by atoms with van der Waals surface area (Å²) in [5.74, 6) is 0. The van der Waals surface area contributed by atoms with Gasteiger partial charge in [0, 0.05) is 6.26 Å². The van der Waals surface area contributed by atoms with E-state index in [0.717, 1.165) is 11.8 Å². The summed E-state index contributed by atoms with van der Waals surface area (Å²) in [5, 5.41) is 8.88. The van der Waals surface area contributed by atoms with Crippen molar-refractivity contribution in [1.29, 1.82) is 0 Å². The Morgan fingerprint density at radius 3 is 2.36 bits per heavy atom. The molecule has 0 saturated carbocycles. The van der Waals surface area contributed by atoms with E-state index in [9.17, 15) is 8.42 Å². The lowest BCUT2D eigenvalue weighted by atomic mass is 10.2. The first-order chi connectivity index (χ1) is 6.54. The molecule has 0 aliphatic rings. The van der Waals surface area contributed by atoms with Crippen molar-refractivity contribution < 1.29 is 13.5 Å². The van der Waals surface area contributed by atoms with Gasteiger partial charge in [0.05, 0.1) is 11.5 Å². The van der Waals surface area contributed by atoms with Crippen molar-refractivity contribution in [3.05, 3.63) is 40.8 Å². The Morgan fingerprint density at radius 2 is 1.93 bits per heavy atom. The van der Waals surface area contributed by atoms with Gasteiger partial charge in [0.1, 0.15) is 0 Å². The summed E-state index contributed by atoms with van der Waals surface area (Å²) in [6.07, 6.45) is 2.55. The summed E-state index contributed by atoms with van der Waals surface area (Å²) in [4.78, 5) is 0.0312. The Kier molecular flexibility index (Phi) is 3.43. The van der Waals surface area contributed by atoms with Crippen LogP contribution in [0.5, 0.6) is 0 Å². The largest absolute Gasteiger partial charge is 0.391 e. The molecule has 0 spiro atoms. The summed E-state index contributed by atoms with van der Waals surface area (Å²) < 4.78 is 22.3. The lowest BCUT2D eigenvalue weighted by molar-refractivity contribution is 0.338. The first kappa shape index (κ1) is 10.9. The van der Waals surface area contributed by atoms with Crippen molar-refractivity contribution in [3.8, 4) is 0 Å². The minimum Gasteiger partial charge on any atom is -0.391 e. The summed E-state index contributed by atoms with van der Waals surface area (Å²) >= 11 is 0. The van der Waals surface area contributed by atoms with Crippen LogP contribution in [0.4, 0.5) is 0 Å². The molecule has 1 aromatic rings. The fourth-order valence-electron chi connectivity index (χ4n) is 1.01. The highest BCUT2D eigenvalue weighted by Gasteiger charge is 2.09. The van der Waals surface area contributed by atoms with Crippen molar-refractivity contribution in [1.82, 2.24) is 0 Å². The molecule has 76 valence electrons. The number of aliphatic hydroxyl groups is 1. The van der Waals surface area contributed by atoms with E-state index in [2.05, 4.69) is 0 Å². The van der Waals surface area contributed by atoms with Crippen molar-refractivity contribution in [2.24, 2.45) is 0 Å². The Morgan fingerprint density at radius 1 is 1.36 bits per heavy atom. The maximum absolute atomic E-state index is 11.1. The van der Waals surface area contributed by atoms with Gasteiger partial charge in [-0.25, -0.2) is 8.42 Å². The molecule has 0 bridgehead atoms. The van der Waals surface area contributed by atoms with E-state index in [-0.39, 0.29) is 4.91 Å². The van der Waals surface area contributed by atoms with Gasteiger partial charge < -0.3 is 5.11 Å². The zero-order valence-corrected chi connectivity index (χ0v) is 8.66. The summed E-state index contributed by atoms with van der Waals surface area (Å²) in [6, 6.07) is 9.02. The molecule has 0 aliphatic heterocycles.